The van der Waals surface area contributed by atoms with Crippen LogP contribution in [0.4, 0.5) is 0 Å². The second kappa shape index (κ2) is 3.77. The van der Waals surface area contributed by atoms with Crippen LogP contribution in [-0.4, -0.2) is 16.7 Å². The van der Waals surface area contributed by atoms with E-state index in [1.165, 1.54) is 5.01 Å². The van der Waals surface area contributed by atoms with Crippen molar-refractivity contribution in [3.63, 3.8) is 0 Å². The van der Waals surface area contributed by atoms with Gasteiger partial charge in [-0.1, -0.05) is 27.7 Å². The van der Waals surface area contributed by atoms with E-state index in [1.54, 1.807) is 11.3 Å². The third kappa shape index (κ3) is 1.68. The minimum absolute atomic E-state index is 0.359. The van der Waals surface area contributed by atoms with Crippen LogP contribution in [0.3, 0.4) is 0 Å². The molecule has 1 aliphatic carbocycles. The highest BCUT2D eigenvalue weighted by Gasteiger charge is 2.66. The molecular formula is C12H21N3S. The maximum atomic E-state index is 5.50. The first-order chi connectivity index (χ1) is 7.41. The van der Waals surface area contributed by atoms with E-state index in [-0.39, 0.29) is 0 Å². The molecule has 2 rings (SSSR count). The minimum atomic E-state index is 0.359. The van der Waals surface area contributed by atoms with Gasteiger partial charge < -0.3 is 5.73 Å². The number of hydrogen-bond acceptors (Lipinski definition) is 4. The van der Waals surface area contributed by atoms with E-state index in [9.17, 15) is 0 Å². The van der Waals surface area contributed by atoms with Gasteiger partial charge in [-0.15, -0.1) is 21.5 Å². The van der Waals surface area contributed by atoms with E-state index >= 15 is 0 Å². The van der Waals surface area contributed by atoms with Gasteiger partial charge in [0.2, 0.25) is 0 Å². The Hall–Kier alpha value is -0.480. The summed E-state index contributed by atoms with van der Waals surface area (Å²) in [5.41, 5.74) is 6.22. The van der Waals surface area contributed by atoms with Gasteiger partial charge in [0.15, 0.2) is 0 Å². The summed E-state index contributed by atoms with van der Waals surface area (Å²) in [4.78, 5) is 0. The van der Waals surface area contributed by atoms with Crippen molar-refractivity contribution in [2.24, 2.45) is 16.6 Å². The molecular weight excluding hydrogens is 218 g/mol. The van der Waals surface area contributed by atoms with Gasteiger partial charge in [0.1, 0.15) is 10.0 Å². The summed E-state index contributed by atoms with van der Waals surface area (Å²) in [6.07, 6.45) is 1.98. The van der Waals surface area contributed by atoms with Crippen LogP contribution in [0.15, 0.2) is 0 Å². The van der Waals surface area contributed by atoms with Gasteiger partial charge in [0.05, 0.1) is 0 Å². The monoisotopic (exact) mass is 239 g/mol. The molecule has 1 aromatic rings. The number of rotatable bonds is 4. The first-order valence-electron chi connectivity index (χ1n) is 5.93. The SMILES string of the molecule is CC1(C)C(c2nnc(CCCN)s2)C1(C)C. The molecule has 0 atom stereocenters. The molecule has 90 valence electrons. The summed E-state index contributed by atoms with van der Waals surface area (Å²) in [6.45, 7) is 10.0. The lowest BCUT2D eigenvalue weighted by molar-refractivity contribution is 0.457. The van der Waals surface area contributed by atoms with Crippen molar-refractivity contribution in [3.05, 3.63) is 10.0 Å². The van der Waals surface area contributed by atoms with Crippen molar-refractivity contribution in [1.82, 2.24) is 10.2 Å². The number of nitrogens with zero attached hydrogens (tertiary/aromatic N) is 2. The number of hydrogen-bond donors (Lipinski definition) is 1. The zero-order valence-corrected chi connectivity index (χ0v) is 11.4. The molecule has 1 fully saturated rings. The summed E-state index contributed by atoms with van der Waals surface area (Å²) in [5.74, 6) is 0.573. The molecule has 0 bridgehead atoms. The predicted octanol–water partition coefficient (Wildman–Crippen LogP) is 2.58. The van der Waals surface area contributed by atoms with E-state index in [2.05, 4.69) is 37.9 Å². The van der Waals surface area contributed by atoms with E-state index in [0.29, 0.717) is 16.7 Å². The zero-order valence-electron chi connectivity index (χ0n) is 10.6. The lowest BCUT2D eigenvalue weighted by atomic mass is 10.0. The standard InChI is InChI=1S/C12H21N3S/c1-11(2)9(12(11,3)4)10-15-14-8(16-10)6-5-7-13/h9H,5-7,13H2,1-4H3. The molecule has 16 heavy (non-hydrogen) atoms. The van der Waals surface area contributed by atoms with E-state index < -0.39 is 0 Å². The Labute approximate surface area is 101 Å². The summed E-state index contributed by atoms with van der Waals surface area (Å²) < 4.78 is 0. The Bertz CT molecular complexity index is 367. The molecule has 0 unspecified atom stereocenters. The van der Waals surface area contributed by atoms with Crippen molar-refractivity contribution in [2.45, 2.75) is 46.5 Å². The van der Waals surface area contributed by atoms with Crippen molar-refractivity contribution in [3.8, 4) is 0 Å². The average molecular weight is 239 g/mol. The highest BCUT2D eigenvalue weighted by molar-refractivity contribution is 7.11. The summed E-state index contributed by atoms with van der Waals surface area (Å²) in [5, 5.41) is 11.0. The Kier molecular flexibility index (Phi) is 2.83. The molecule has 0 amide bonds. The van der Waals surface area contributed by atoms with Gasteiger partial charge in [0.25, 0.3) is 0 Å². The quantitative estimate of drug-likeness (QED) is 0.878. The smallest absolute Gasteiger partial charge is 0.121 e. The van der Waals surface area contributed by atoms with Gasteiger partial charge in [-0.3, -0.25) is 0 Å². The van der Waals surface area contributed by atoms with Crippen LogP contribution in [0.2, 0.25) is 0 Å². The van der Waals surface area contributed by atoms with Gasteiger partial charge in [0, 0.05) is 12.3 Å². The third-order valence-corrected chi connectivity index (χ3v) is 5.39. The van der Waals surface area contributed by atoms with E-state index in [1.807, 2.05) is 0 Å². The minimum Gasteiger partial charge on any atom is -0.330 e. The fraction of sp³-hybridized carbons (Fsp3) is 0.833. The lowest BCUT2D eigenvalue weighted by Gasteiger charge is -2.03. The van der Waals surface area contributed by atoms with Crippen LogP contribution in [0, 0.1) is 10.8 Å². The fourth-order valence-corrected chi connectivity index (χ4v) is 3.91. The largest absolute Gasteiger partial charge is 0.330 e. The van der Waals surface area contributed by atoms with Crippen LogP contribution >= 0.6 is 11.3 Å². The molecule has 2 N–H and O–H groups in total. The zero-order chi connectivity index (χ0) is 12.0. The molecule has 1 aliphatic rings. The first-order valence-corrected chi connectivity index (χ1v) is 6.75. The van der Waals surface area contributed by atoms with Crippen molar-refractivity contribution >= 4 is 11.3 Å². The van der Waals surface area contributed by atoms with Crippen LogP contribution < -0.4 is 5.73 Å². The molecule has 4 heteroatoms. The average Bonchev–Trinajstić information content (AvgIpc) is 2.56. The van der Waals surface area contributed by atoms with Crippen LogP contribution in [0.5, 0.6) is 0 Å². The first kappa shape index (κ1) is 12.0. The summed E-state index contributed by atoms with van der Waals surface area (Å²) in [7, 11) is 0. The maximum Gasteiger partial charge on any atom is 0.121 e. The number of aryl methyl sites for hydroxylation is 1. The van der Waals surface area contributed by atoms with Gasteiger partial charge in [-0.25, -0.2) is 0 Å². The van der Waals surface area contributed by atoms with Crippen molar-refractivity contribution < 1.29 is 0 Å². The second-order valence-electron chi connectivity index (χ2n) is 5.80. The van der Waals surface area contributed by atoms with Gasteiger partial charge in [-0.05, 0) is 23.8 Å². The van der Waals surface area contributed by atoms with Crippen LogP contribution in [0.25, 0.3) is 0 Å². The van der Waals surface area contributed by atoms with Crippen LogP contribution in [0.1, 0.15) is 50.0 Å². The molecule has 0 aromatic carbocycles. The van der Waals surface area contributed by atoms with Gasteiger partial charge >= 0.3 is 0 Å². The van der Waals surface area contributed by atoms with Crippen molar-refractivity contribution in [2.75, 3.05) is 6.54 Å². The normalized spacial score (nSPS) is 22.3. The topological polar surface area (TPSA) is 51.8 Å². The van der Waals surface area contributed by atoms with E-state index in [0.717, 1.165) is 24.4 Å². The highest BCUT2D eigenvalue weighted by Crippen LogP contribution is 2.73. The van der Waals surface area contributed by atoms with E-state index in [4.69, 9.17) is 5.73 Å². The highest BCUT2D eigenvalue weighted by atomic mass is 32.1. The molecule has 1 aromatic heterocycles. The molecule has 0 radical (unpaired) electrons. The Morgan fingerprint density at radius 1 is 1.19 bits per heavy atom. The summed E-state index contributed by atoms with van der Waals surface area (Å²) >= 11 is 1.77. The van der Waals surface area contributed by atoms with Crippen molar-refractivity contribution in [1.29, 1.82) is 0 Å². The Morgan fingerprint density at radius 2 is 1.81 bits per heavy atom. The lowest BCUT2D eigenvalue weighted by Crippen LogP contribution is -1.99. The molecule has 0 spiro atoms. The molecule has 1 saturated carbocycles. The number of nitrogens with two attached hydrogens (primary N) is 1. The molecule has 1 heterocycles. The second-order valence-corrected chi connectivity index (χ2v) is 6.90. The predicted molar refractivity (Wildman–Crippen MR) is 67.6 cm³/mol. The number of aromatic nitrogens is 2. The molecule has 3 nitrogen and oxygen atoms in total. The maximum absolute atomic E-state index is 5.50. The van der Waals surface area contributed by atoms with Gasteiger partial charge in [-0.2, -0.15) is 0 Å². The molecule has 0 saturated heterocycles. The molecule has 0 aliphatic heterocycles. The van der Waals surface area contributed by atoms with Crippen LogP contribution in [-0.2, 0) is 6.42 Å². The fourth-order valence-electron chi connectivity index (χ4n) is 2.55. The summed E-state index contributed by atoms with van der Waals surface area (Å²) in [6, 6.07) is 0. The Morgan fingerprint density at radius 3 is 2.31 bits per heavy atom. The third-order valence-electron chi connectivity index (χ3n) is 4.34. The Balaban J connectivity index is 2.10.